The average Bonchev–Trinajstić information content (AvgIpc) is 2.53. The first-order chi connectivity index (χ1) is 6.25. The molecule has 1 aromatic rings. The molecule has 68 valence electrons. The van der Waals surface area contributed by atoms with E-state index in [2.05, 4.69) is 4.99 Å². The molecule has 1 aromatic carbocycles. The SMILES string of the molecule is Clc1cc(Cl)cc(C2=NCCC2)c1. The van der Waals surface area contributed by atoms with E-state index in [1.807, 2.05) is 12.1 Å². The zero-order valence-electron chi connectivity index (χ0n) is 7.06. The minimum atomic E-state index is 0.678. The lowest BCUT2D eigenvalue weighted by Crippen LogP contribution is -1.95. The summed E-state index contributed by atoms with van der Waals surface area (Å²) in [4.78, 5) is 4.39. The average molecular weight is 214 g/mol. The van der Waals surface area contributed by atoms with Crippen LogP contribution in [0.1, 0.15) is 18.4 Å². The second-order valence-electron chi connectivity index (χ2n) is 3.09. The standard InChI is InChI=1S/C10H9Cl2N/c11-8-4-7(5-9(12)6-8)10-2-1-3-13-10/h4-6H,1-3H2. The highest BCUT2D eigenvalue weighted by Gasteiger charge is 2.09. The lowest BCUT2D eigenvalue weighted by Gasteiger charge is -2.01. The summed E-state index contributed by atoms with van der Waals surface area (Å²) in [5.41, 5.74) is 2.19. The van der Waals surface area contributed by atoms with Gasteiger partial charge in [-0.15, -0.1) is 0 Å². The topological polar surface area (TPSA) is 12.4 Å². The first kappa shape index (κ1) is 9.04. The third-order valence-corrected chi connectivity index (χ3v) is 2.51. The van der Waals surface area contributed by atoms with Gasteiger partial charge >= 0.3 is 0 Å². The van der Waals surface area contributed by atoms with Gasteiger partial charge in [0.1, 0.15) is 0 Å². The molecule has 1 aliphatic heterocycles. The van der Waals surface area contributed by atoms with Crippen molar-refractivity contribution >= 4 is 28.9 Å². The predicted molar refractivity (Wildman–Crippen MR) is 57.1 cm³/mol. The molecule has 2 rings (SSSR count). The molecule has 13 heavy (non-hydrogen) atoms. The Morgan fingerprint density at radius 2 is 1.77 bits per heavy atom. The van der Waals surface area contributed by atoms with E-state index in [9.17, 15) is 0 Å². The first-order valence-electron chi connectivity index (χ1n) is 4.25. The van der Waals surface area contributed by atoms with Gasteiger partial charge in [0, 0.05) is 22.3 Å². The Morgan fingerprint density at radius 3 is 2.31 bits per heavy atom. The molecule has 0 aliphatic carbocycles. The molecule has 0 unspecified atom stereocenters. The lowest BCUT2D eigenvalue weighted by molar-refractivity contribution is 0.951. The Hall–Kier alpha value is -0.530. The Kier molecular flexibility index (Phi) is 2.56. The molecule has 0 saturated carbocycles. The van der Waals surface area contributed by atoms with E-state index in [0.717, 1.165) is 30.7 Å². The maximum absolute atomic E-state index is 5.89. The highest BCUT2D eigenvalue weighted by Crippen LogP contribution is 2.22. The molecule has 3 heteroatoms. The van der Waals surface area contributed by atoms with Gasteiger partial charge in [0.2, 0.25) is 0 Å². The fourth-order valence-electron chi connectivity index (χ4n) is 1.50. The van der Waals surface area contributed by atoms with Crippen molar-refractivity contribution in [3.8, 4) is 0 Å². The number of benzene rings is 1. The number of hydrogen-bond acceptors (Lipinski definition) is 1. The quantitative estimate of drug-likeness (QED) is 0.677. The maximum Gasteiger partial charge on any atom is 0.0427 e. The van der Waals surface area contributed by atoms with Crippen molar-refractivity contribution in [3.05, 3.63) is 33.8 Å². The number of halogens is 2. The molecule has 0 N–H and O–H groups in total. The molecule has 0 bridgehead atoms. The van der Waals surface area contributed by atoms with Crippen LogP contribution in [-0.2, 0) is 0 Å². The minimum absolute atomic E-state index is 0.678. The van der Waals surface area contributed by atoms with E-state index >= 15 is 0 Å². The van der Waals surface area contributed by atoms with Crippen LogP contribution >= 0.6 is 23.2 Å². The van der Waals surface area contributed by atoms with Gasteiger partial charge in [0.15, 0.2) is 0 Å². The van der Waals surface area contributed by atoms with Crippen LogP contribution in [0.2, 0.25) is 10.0 Å². The molecule has 0 radical (unpaired) electrons. The molecule has 0 atom stereocenters. The largest absolute Gasteiger partial charge is 0.289 e. The second-order valence-corrected chi connectivity index (χ2v) is 3.96. The van der Waals surface area contributed by atoms with E-state index in [1.54, 1.807) is 6.07 Å². The summed E-state index contributed by atoms with van der Waals surface area (Å²) >= 11 is 11.8. The molecule has 1 aliphatic rings. The van der Waals surface area contributed by atoms with Crippen LogP contribution in [0.3, 0.4) is 0 Å². The number of hydrogen-bond donors (Lipinski definition) is 0. The van der Waals surface area contributed by atoms with Gasteiger partial charge in [-0.2, -0.15) is 0 Å². The lowest BCUT2D eigenvalue weighted by atomic mass is 10.1. The molecule has 0 spiro atoms. The number of rotatable bonds is 1. The van der Waals surface area contributed by atoms with Crippen LogP contribution in [0, 0.1) is 0 Å². The molecule has 0 aromatic heterocycles. The Labute approximate surface area is 87.4 Å². The van der Waals surface area contributed by atoms with Crippen LogP contribution in [-0.4, -0.2) is 12.3 Å². The summed E-state index contributed by atoms with van der Waals surface area (Å²) in [6.07, 6.45) is 2.18. The third kappa shape index (κ3) is 2.04. The minimum Gasteiger partial charge on any atom is -0.289 e. The summed E-state index contributed by atoms with van der Waals surface area (Å²) < 4.78 is 0. The first-order valence-corrected chi connectivity index (χ1v) is 5.01. The number of aliphatic imine (C=N–C) groups is 1. The summed E-state index contributed by atoms with van der Waals surface area (Å²) in [5.74, 6) is 0. The van der Waals surface area contributed by atoms with Crippen LogP contribution in [0.5, 0.6) is 0 Å². The zero-order valence-corrected chi connectivity index (χ0v) is 8.57. The summed E-state index contributed by atoms with van der Waals surface area (Å²) in [6, 6.07) is 5.57. The number of nitrogens with zero attached hydrogens (tertiary/aromatic N) is 1. The predicted octanol–water partition coefficient (Wildman–Crippen LogP) is 3.58. The molecule has 0 fully saturated rings. The molecule has 1 heterocycles. The van der Waals surface area contributed by atoms with Crippen molar-refractivity contribution < 1.29 is 0 Å². The van der Waals surface area contributed by atoms with Crippen LogP contribution < -0.4 is 0 Å². The summed E-state index contributed by atoms with van der Waals surface area (Å²) in [7, 11) is 0. The van der Waals surface area contributed by atoms with Crippen molar-refractivity contribution in [2.45, 2.75) is 12.8 Å². The third-order valence-electron chi connectivity index (χ3n) is 2.07. The second kappa shape index (κ2) is 3.69. The van der Waals surface area contributed by atoms with E-state index in [4.69, 9.17) is 23.2 Å². The molecule has 0 amide bonds. The summed E-state index contributed by atoms with van der Waals surface area (Å²) in [5, 5.41) is 1.36. The summed E-state index contributed by atoms with van der Waals surface area (Å²) in [6.45, 7) is 0.930. The van der Waals surface area contributed by atoms with Gasteiger partial charge in [0.05, 0.1) is 0 Å². The van der Waals surface area contributed by atoms with E-state index in [0.29, 0.717) is 10.0 Å². The molecular formula is C10H9Cl2N. The fraction of sp³-hybridized carbons (Fsp3) is 0.300. The maximum atomic E-state index is 5.89. The van der Waals surface area contributed by atoms with Crippen LogP contribution in [0.25, 0.3) is 0 Å². The monoisotopic (exact) mass is 213 g/mol. The van der Waals surface area contributed by atoms with Gasteiger partial charge in [-0.1, -0.05) is 23.2 Å². The molecule has 0 saturated heterocycles. The Bertz CT molecular complexity index is 338. The van der Waals surface area contributed by atoms with Gasteiger partial charge in [0.25, 0.3) is 0 Å². The Morgan fingerprint density at radius 1 is 1.08 bits per heavy atom. The highest BCUT2D eigenvalue weighted by atomic mass is 35.5. The normalized spacial score (nSPS) is 16.0. The van der Waals surface area contributed by atoms with Crippen LogP contribution in [0.4, 0.5) is 0 Å². The zero-order chi connectivity index (χ0) is 9.26. The van der Waals surface area contributed by atoms with Crippen molar-refractivity contribution in [3.63, 3.8) is 0 Å². The molecule has 1 nitrogen and oxygen atoms in total. The van der Waals surface area contributed by atoms with Crippen LogP contribution in [0.15, 0.2) is 23.2 Å². The molecular weight excluding hydrogens is 205 g/mol. The smallest absolute Gasteiger partial charge is 0.0427 e. The van der Waals surface area contributed by atoms with Crippen molar-refractivity contribution in [1.29, 1.82) is 0 Å². The van der Waals surface area contributed by atoms with E-state index in [1.165, 1.54) is 0 Å². The van der Waals surface area contributed by atoms with E-state index in [-0.39, 0.29) is 0 Å². The highest BCUT2D eigenvalue weighted by molar-refractivity contribution is 6.35. The fourth-order valence-corrected chi connectivity index (χ4v) is 2.02. The van der Waals surface area contributed by atoms with Gasteiger partial charge in [-0.05, 0) is 36.6 Å². The van der Waals surface area contributed by atoms with E-state index < -0.39 is 0 Å². The Balaban J connectivity index is 2.39. The van der Waals surface area contributed by atoms with Gasteiger partial charge < -0.3 is 0 Å². The van der Waals surface area contributed by atoms with Crippen molar-refractivity contribution in [2.24, 2.45) is 4.99 Å². The van der Waals surface area contributed by atoms with Gasteiger partial charge in [-0.3, -0.25) is 4.99 Å². The van der Waals surface area contributed by atoms with Gasteiger partial charge in [-0.25, -0.2) is 0 Å². The van der Waals surface area contributed by atoms with Crippen molar-refractivity contribution in [1.82, 2.24) is 0 Å². The van der Waals surface area contributed by atoms with Crippen molar-refractivity contribution in [2.75, 3.05) is 6.54 Å².